The van der Waals surface area contributed by atoms with E-state index in [9.17, 15) is 9.90 Å². The zero-order chi connectivity index (χ0) is 17.1. The Kier molecular flexibility index (Phi) is 5.00. The maximum Gasteiger partial charge on any atom is 0.252 e. The minimum Gasteiger partial charge on any atom is -0.391 e. The van der Waals surface area contributed by atoms with Gasteiger partial charge in [0.15, 0.2) is 0 Å². The molecular weight excluding hydrogens is 298 g/mol. The zero-order valence-corrected chi connectivity index (χ0v) is 14.4. The van der Waals surface area contributed by atoms with Gasteiger partial charge in [0.2, 0.25) is 0 Å². The molecule has 2 atom stereocenters. The van der Waals surface area contributed by atoms with Gasteiger partial charge in [-0.3, -0.25) is 4.79 Å². The number of hydrogen-bond acceptors (Lipinski definition) is 2. The number of aliphatic hydroxyl groups is 1. The molecule has 0 spiro atoms. The molecule has 0 fully saturated rings. The van der Waals surface area contributed by atoms with Crippen LogP contribution >= 0.6 is 0 Å². The van der Waals surface area contributed by atoms with Crippen LogP contribution in [0.3, 0.4) is 0 Å². The number of carbonyl (C=O) groups excluding carboxylic acids is 1. The maximum absolute atomic E-state index is 12.0. The minimum absolute atomic E-state index is 0.0878. The van der Waals surface area contributed by atoms with Crippen molar-refractivity contribution >= 4 is 5.91 Å². The van der Waals surface area contributed by atoms with E-state index in [1.54, 1.807) is 0 Å². The summed E-state index contributed by atoms with van der Waals surface area (Å²) in [6.07, 6.45) is 2.96. The Hall–Kier alpha value is -2.13. The molecule has 3 rings (SSSR count). The predicted octanol–water partition coefficient (Wildman–Crippen LogP) is 3.59. The average molecular weight is 323 g/mol. The lowest BCUT2D eigenvalue weighted by Gasteiger charge is -2.19. The summed E-state index contributed by atoms with van der Waals surface area (Å²) in [6.45, 7) is 4.36. The highest BCUT2D eigenvalue weighted by molar-refractivity contribution is 5.99. The molecule has 1 aliphatic rings. The van der Waals surface area contributed by atoms with E-state index in [2.05, 4.69) is 37.4 Å². The largest absolute Gasteiger partial charge is 0.391 e. The molecule has 1 heterocycles. The van der Waals surface area contributed by atoms with Crippen LogP contribution in [0.4, 0.5) is 0 Å². The number of fused-ring (bicyclic) bond motifs is 1. The van der Waals surface area contributed by atoms with E-state index in [1.807, 2.05) is 24.3 Å². The van der Waals surface area contributed by atoms with Gasteiger partial charge in [0.05, 0.1) is 12.1 Å². The van der Waals surface area contributed by atoms with E-state index in [1.165, 1.54) is 16.7 Å². The molecule has 0 aromatic heterocycles. The molecule has 1 amide bonds. The fourth-order valence-corrected chi connectivity index (χ4v) is 3.57. The third-order valence-electron chi connectivity index (χ3n) is 4.97. The number of carbonyl (C=O) groups is 1. The van der Waals surface area contributed by atoms with Gasteiger partial charge in [0, 0.05) is 5.56 Å². The Labute approximate surface area is 143 Å². The van der Waals surface area contributed by atoms with Crippen molar-refractivity contribution in [3.05, 3.63) is 70.3 Å². The van der Waals surface area contributed by atoms with Gasteiger partial charge >= 0.3 is 0 Å². The molecule has 126 valence electrons. The van der Waals surface area contributed by atoms with E-state index in [0.717, 1.165) is 24.8 Å². The highest BCUT2D eigenvalue weighted by atomic mass is 16.3. The highest BCUT2D eigenvalue weighted by Gasteiger charge is 2.32. The third-order valence-corrected chi connectivity index (χ3v) is 4.97. The van der Waals surface area contributed by atoms with Crippen LogP contribution in [0.25, 0.3) is 0 Å². The molecule has 0 bridgehead atoms. The van der Waals surface area contributed by atoms with Gasteiger partial charge in [0.25, 0.3) is 5.91 Å². The second-order valence-corrected chi connectivity index (χ2v) is 6.45. The van der Waals surface area contributed by atoms with E-state index in [4.69, 9.17) is 0 Å². The summed E-state index contributed by atoms with van der Waals surface area (Å²) in [5.74, 6) is -0.0878. The number of rotatable bonds is 6. The van der Waals surface area contributed by atoms with Gasteiger partial charge in [-0.05, 0) is 54.0 Å². The monoisotopic (exact) mass is 323 g/mol. The second kappa shape index (κ2) is 7.18. The average Bonchev–Trinajstić information content (AvgIpc) is 2.96. The van der Waals surface area contributed by atoms with Crippen LogP contribution in [-0.4, -0.2) is 17.1 Å². The molecule has 1 aliphatic heterocycles. The molecule has 1 unspecified atom stereocenters. The first-order chi connectivity index (χ1) is 11.6. The molecule has 0 radical (unpaired) electrons. The fourth-order valence-electron chi connectivity index (χ4n) is 3.57. The Morgan fingerprint density at radius 1 is 1.08 bits per heavy atom. The molecule has 2 aromatic rings. The molecule has 2 aromatic carbocycles. The van der Waals surface area contributed by atoms with Gasteiger partial charge in [-0.2, -0.15) is 0 Å². The topological polar surface area (TPSA) is 49.3 Å². The van der Waals surface area contributed by atoms with Gasteiger partial charge in [0.1, 0.15) is 0 Å². The van der Waals surface area contributed by atoms with E-state index in [0.29, 0.717) is 12.0 Å². The first-order valence-corrected chi connectivity index (χ1v) is 8.82. The number of aliphatic hydroxyl groups excluding tert-OH is 1. The lowest BCUT2D eigenvalue weighted by Crippen LogP contribution is -2.29. The fraction of sp³-hybridized carbons (Fsp3) is 0.381. The standard InChI is InChI=1S/C21H25NO2/c1-3-15-11-9-14(13-16(15)4-2)10-12-19(23)20-17-7-5-6-8-18(17)21(24)22-20/h5-9,11,13,19-20,23H,3-4,10,12H2,1-2H3,(H,22,24)/t19?,20-/m1/s1. The Bertz CT molecular complexity index is 738. The van der Waals surface area contributed by atoms with Crippen LogP contribution in [0, 0.1) is 0 Å². The van der Waals surface area contributed by atoms with Gasteiger partial charge < -0.3 is 10.4 Å². The van der Waals surface area contributed by atoms with Crippen molar-refractivity contribution < 1.29 is 9.90 Å². The van der Waals surface area contributed by atoms with Crippen LogP contribution in [0.2, 0.25) is 0 Å². The van der Waals surface area contributed by atoms with Crippen molar-refractivity contribution in [3.63, 3.8) is 0 Å². The predicted molar refractivity (Wildman–Crippen MR) is 96.2 cm³/mol. The Balaban J connectivity index is 1.68. The smallest absolute Gasteiger partial charge is 0.252 e. The van der Waals surface area contributed by atoms with Crippen molar-refractivity contribution in [3.8, 4) is 0 Å². The van der Waals surface area contributed by atoms with Crippen LogP contribution in [-0.2, 0) is 19.3 Å². The summed E-state index contributed by atoms with van der Waals surface area (Å²) >= 11 is 0. The first kappa shape index (κ1) is 16.7. The number of hydrogen-bond donors (Lipinski definition) is 2. The van der Waals surface area contributed by atoms with Crippen molar-refractivity contribution in [2.45, 2.75) is 51.7 Å². The lowest BCUT2D eigenvalue weighted by atomic mass is 9.94. The number of amides is 1. The van der Waals surface area contributed by atoms with Crippen LogP contribution in [0.15, 0.2) is 42.5 Å². The summed E-state index contributed by atoms with van der Waals surface area (Å²) in [4.78, 5) is 12.0. The Morgan fingerprint density at radius 3 is 2.58 bits per heavy atom. The van der Waals surface area contributed by atoms with Crippen LogP contribution in [0.1, 0.15) is 58.9 Å². The van der Waals surface area contributed by atoms with Gasteiger partial charge in [-0.25, -0.2) is 0 Å². The van der Waals surface area contributed by atoms with Gasteiger partial charge in [-0.1, -0.05) is 50.2 Å². The number of nitrogens with one attached hydrogen (secondary N) is 1. The summed E-state index contributed by atoms with van der Waals surface area (Å²) in [6, 6.07) is 13.8. The maximum atomic E-state index is 12.0. The summed E-state index contributed by atoms with van der Waals surface area (Å²) < 4.78 is 0. The number of aryl methyl sites for hydroxylation is 3. The Morgan fingerprint density at radius 2 is 1.83 bits per heavy atom. The zero-order valence-electron chi connectivity index (χ0n) is 14.4. The van der Waals surface area contributed by atoms with E-state index < -0.39 is 6.10 Å². The first-order valence-electron chi connectivity index (χ1n) is 8.82. The summed E-state index contributed by atoms with van der Waals surface area (Å²) in [5, 5.41) is 13.5. The van der Waals surface area contributed by atoms with Crippen molar-refractivity contribution in [2.24, 2.45) is 0 Å². The normalized spacial score (nSPS) is 17.5. The molecule has 3 heteroatoms. The van der Waals surface area contributed by atoms with Crippen LogP contribution < -0.4 is 5.32 Å². The molecule has 24 heavy (non-hydrogen) atoms. The molecule has 2 N–H and O–H groups in total. The molecular formula is C21H25NO2. The highest BCUT2D eigenvalue weighted by Crippen LogP contribution is 2.29. The SMILES string of the molecule is CCc1ccc(CCC(O)[C@@H]2NC(=O)c3ccccc32)cc1CC. The van der Waals surface area contributed by atoms with Crippen molar-refractivity contribution in [2.75, 3.05) is 0 Å². The van der Waals surface area contributed by atoms with Gasteiger partial charge in [-0.15, -0.1) is 0 Å². The number of benzene rings is 2. The van der Waals surface area contributed by atoms with E-state index >= 15 is 0 Å². The lowest BCUT2D eigenvalue weighted by molar-refractivity contribution is 0.0866. The molecule has 0 saturated heterocycles. The molecule has 0 aliphatic carbocycles. The molecule has 3 nitrogen and oxygen atoms in total. The summed E-state index contributed by atoms with van der Waals surface area (Å²) in [7, 11) is 0. The minimum atomic E-state index is -0.575. The van der Waals surface area contributed by atoms with Crippen molar-refractivity contribution in [1.29, 1.82) is 0 Å². The molecule has 0 saturated carbocycles. The third kappa shape index (κ3) is 3.22. The second-order valence-electron chi connectivity index (χ2n) is 6.45. The van der Waals surface area contributed by atoms with E-state index in [-0.39, 0.29) is 11.9 Å². The summed E-state index contributed by atoms with van der Waals surface area (Å²) in [5.41, 5.74) is 5.64. The van der Waals surface area contributed by atoms with Crippen LogP contribution in [0.5, 0.6) is 0 Å². The van der Waals surface area contributed by atoms with Crippen molar-refractivity contribution in [1.82, 2.24) is 5.32 Å². The quantitative estimate of drug-likeness (QED) is 0.853.